The summed E-state index contributed by atoms with van der Waals surface area (Å²) in [5.41, 5.74) is 2.13. The molecule has 29 heavy (non-hydrogen) atoms. The van der Waals surface area contributed by atoms with E-state index in [4.69, 9.17) is 5.14 Å². The molecule has 3 N–H and O–H groups in total. The molecular weight excluding hydrogens is 410 g/mol. The number of carbonyl (C=O) groups excluding carboxylic acids is 1. The highest BCUT2D eigenvalue weighted by Gasteiger charge is 2.23. The number of nitrogens with one attached hydrogen (secondary N) is 1. The van der Waals surface area contributed by atoms with Gasteiger partial charge in [-0.15, -0.1) is 10.2 Å². The van der Waals surface area contributed by atoms with Crippen LogP contribution in [0.15, 0.2) is 41.4 Å². The van der Waals surface area contributed by atoms with Crippen molar-refractivity contribution in [2.24, 2.45) is 5.14 Å². The Kier molecular flexibility index (Phi) is 6.25. The molecule has 3 rings (SSSR count). The highest BCUT2D eigenvalue weighted by molar-refractivity contribution is 7.98. The van der Waals surface area contributed by atoms with Gasteiger partial charge >= 0.3 is 0 Å². The number of pyridine rings is 1. The van der Waals surface area contributed by atoms with E-state index in [2.05, 4.69) is 15.5 Å². The van der Waals surface area contributed by atoms with Gasteiger partial charge in [-0.3, -0.25) is 9.20 Å². The summed E-state index contributed by atoms with van der Waals surface area (Å²) in [4.78, 5) is 12.9. The van der Waals surface area contributed by atoms with Crippen LogP contribution in [0.3, 0.4) is 0 Å². The Bertz CT molecular complexity index is 1160. The van der Waals surface area contributed by atoms with Gasteiger partial charge in [0, 0.05) is 11.8 Å². The zero-order valence-corrected chi connectivity index (χ0v) is 18.0. The van der Waals surface area contributed by atoms with E-state index in [1.807, 2.05) is 35.1 Å². The normalized spacial score (nSPS) is 12.8. The van der Waals surface area contributed by atoms with Crippen molar-refractivity contribution < 1.29 is 13.2 Å². The monoisotopic (exact) mass is 433 g/mol. The average Bonchev–Trinajstić information content (AvgIpc) is 3.10. The predicted molar refractivity (Wildman–Crippen MR) is 113 cm³/mol. The molecule has 0 aliphatic heterocycles. The summed E-state index contributed by atoms with van der Waals surface area (Å²) in [6.45, 7) is 3.42. The maximum absolute atomic E-state index is 13.0. The topological polar surface area (TPSA) is 119 Å². The summed E-state index contributed by atoms with van der Waals surface area (Å²) in [6.07, 6.45) is 4.48. The Morgan fingerprint density at radius 2 is 2.03 bits per heavy atom. The van der Waals surface area contributed by atoms with Gasteiger partial charge in [0.25, 0.3) is 5.91 Å². The molecule has 2 aromatic heterocycles. The van der Waals surface area contributed by atoms with E-state index in [0.717, 1.165) is 5.75 Å². The number of hydrogen-bond donors (Lipinski definition) is 2. The van der Waals surface area contributed by atoms with Crippen LogP contribution in [-0.4, -0.2) is 40.9 Å². The van der Waals surface area contributed by atoms with Crippen molar-refractivity contribution in [1.82, 2.24) is 19.9 Å². The molecule has 0 spiro atoms. The number of aromatic nitrogens is 3. The van der Waals surface area contributed by atoms with Crippen molar-refractivity contribution >= 4 is 33.3 Å². The van der Waals surface area contributed by atoms with Crippen molar-refractivity contribution in [2.75, 3.05) is 12.0 Å². The summed E-state index contributed by atoms with van der Waals surface area (Å²) >= 11 is 1.66. The quantitative estimate of drug-likeness (QED) is 0.590. The molecule has 0 radical (unpaired) electrons. The molecule has 3 aromatic rings. The van der Waals surface area contributed by atoms with Crippen LogP contribution in [0.4, 0.5) is 0 Å². The van der Waals surface area contributed by atoms with Crippen LogP contribution in [0.5, 0.6) is 0 Å². The fourth-order valence-corrected chi connectivity index (χ4v) is 4.44. The van der Waals surface area contributed by atoms with Crippen LogP contribution in [0.2, 0.25) is 0 Å². The second-order valence-electron chi connectivity index (χ2n) is 6.76. The molecular formula is C19H23N5O3S2. The van der Waals surface area contributed by atoms with Crippen molar-refractivity contribution in [1.29, 1.82) is 0 Å². The maximum atomic E-state index is 13.0. The number of amides is 1. The average molecular weight is 434 g/mol. The van der Waals surface area contributed by atoms with E-state index in [0.29, 0.717) is 29.0 Å². The predicted octanol–water partition coefficient (Wildman–Crippen LogP) is 2.22. The third-order valence-corrected chi connectivity index (χ3v) is 6.44. The van der Waals surface area contributed by atoms with Gasteiger partial charge in [0.05, 0.1) is 10.9 Å². The second-order valence-corrected chi connectivity index (χ2v) is 9.27. The van der Waals surface area contributed by atoms with Gasteiger partial charge < -0.3 is 5.32 Å². The molecule has 8 nitrogen and oxygen atoms in total. The molecule has 0 saturated heterocycles. The lowest BCUT2D eigenvalue weighted by atomic mass is 10.1. The van der Waals surface area contributed by atoms with Crippen LogP contribution >= 0.6 is 11.8 Å². The summed E-state index contributed by atoms with van der Waals surface area (Å²) in [5, 5.41) is 16.7. The number of hydrogen-bond acceptors (Lipinski definition) is 6. The number of benzene rings is 1. The first kappa shape index (κ1) is 21.3. The third-order valence-electron chi connectivity index (χ3n) is 4.76. The Balaban J connectivity index is 1.96. The smallest absolute Gasteiger partial charge is 0.251 e. The van der Waals surface area contributed by atoms with E-state index >= 15 is 0 Å². The lowest BCUT2D eigenvalue weighted by Crippen LogP contribution is -2.31. The van der Waals surface area contributed by atoms with Crippen molar-refractivity contribution in [3.63, 3.8) is 0 Å². The lowest BCUT2D eigenvalue weighted by Gasteiger charge is -2.18. The Hall–Kier alpha value is -2.43. The number of carbonyl (C=O) groups is 1. The first-order chi connectivity index (χ1) is 13.7. The number of thioether (sulfide) groups is 1. The number of nitrogens with two attached hydrogens (primary N) is 1. The number of nitrogens with zero attached hydrogens (tertiary/aromatic N) is 3. The summed E-state index contributed by atoms with van der Waals surface area (Å²) in [6, 6.07) is 8.17. The highest BCUT2D eigenvalue weighted by atomic mass is 32.2. The SMILES string of the molecule is CSCC[C@H](NC(=O)c1cc(C)c(C)c(S(N)(=O)=O)c1)c1nnc2ccccn12. The van der Waals surface area contributed by atoms with Crippen molar-refractivity contribution in [3.05, 3.63) is 59.0 Å². The minimum Gasteiger partial charge on any atom is -0.342 e. The molecule has 0 fully saturated rings. The number of primary sulfonamides is 1. The largest absolute Gasteiger partial charge is 0.342 e. The van der Waals surface area contributed by atoms with E-state index in [1.165, 1.54) is 6.07 Å². The fraction of sp³-hybridized carbons (Fsp3) is 0.316. The van der Waals surface area contributed by atoms with Crippen LogP contribution in [0, 0.1) is 13.8 Å². The molecule has 1 aromatic carbocycles. The standard InChI is InChI=1S/C19H23N5O3S2/c1-12-10-14(11-16(13(12)2)29(20,26)27)19(25)21-15(7-9-28-3)18-23-22-17-6-4-5-8-24(17)18/h4-6,8,10-11,15H,7,9H2,1-3H3,(H,21,25)(H2,20,26,27)/t15-/m0/s1. The fourth-order valence-electron chi connectivity index (χ4n) is 3.09. The zero-order chi connectivity index (χ0) is 21.2. The Labute approximate surface area is 174 Å². The summed E-state index contributed by atoms with van der Waals surface area (Å²) in [5.74, 6) is 1.04. The van der Waals surface area contributed by atoms with Gasteiger partial charge in [0.15, 0.2) is 11.5 Å². The maximum Gasteiger partial charge on any atom is 0.251 e. The van der Waals surface area contributed by atoms with Gasteiger partial charge in [-0.1, -0.05) is 6.07 Å². The molecule has 0 unspecified atom stereocenters. The van der Waals surface area contributed by atoms with Gasteiger partial charge in [-0.2, -0.15) is 11.8 Å². The minimum absolute atomic E-state index is 0.0451. The molecule has 0 aliphatic rings. The van der Waals surface area contributed by atoms with E-state index in [-0.39, 0.29) is 16.5 Å². The molecule has 0 aliphatic carbocycles. The van der Waals surface area contributed by atoms with Gasteiger partial charge in [-0.25, -0.2) is 13.6 Å². The molecule has 2 heterocycles. The van der Waals surface area contributed by atoms with Gasteiger partial charge in [-0.05, 0) is 67.7 Å². The van der Waals surface area contributed by atoms with E-state index < -0.39 is 15.9 Å². The first-order valence-corrected chi connectivity index (χ1v) is 11.9. The zero-order valence-electron chi connectivity index (χ0n) is 16.4. The molecule has 1 amide bonds. The molecule has 154 valence electrons. The van der Waals surface area contributed by atoms with E-state index in [1.54, 1.807) is 31.7 Å². The van der Waals surface area contributed by atoms with Gasteiger partial charge in [0.1, 0.15) is 0 Å². The molecule has 1 atom stereocenters. The number of aryl methyl sites for hydroxylation is 1. The summed E-state index contributed by atoms with van der Waals surface area (Å²) < 4.78 is 25.6. The van der Waals surface area contributed by atoms with Crippen LogP contribution in [-0.2, 0) is 10.0 Å². The minimum atomic E-state index is -3.94. The van der Waals surface area contributed by atoms with Crippen LogP contribution < -0.4 is 10.5 Å². The highest BCUT2D eigenvalue weighted by Crippen LogP contribution is 2.22. The van der Waals surface area contributed by atoms with Gasteiger partial charge in [0.2, 0.25) is 10.0 Å². The van der Waals surface area contributed by atoms with Crippen LogP contribution in [0.25, 0.3) is 5.65 Å². The second kappa shape index (κ2) is 8.52. The van der Waals surface area contributed by atoms with Crippen molar-refractivity contribution in [2.45, 2.75) is 31.2 Å². The number of sulfonamides is 1. The Morgan fingerprint density at radius 1 is 1.28 bits per heavy atom. The molecule has 0 bridgehead atoms. The van der Waals surface area contributed by atoms with Crippen molar-refractivity contribution in [3.8, 4) is 0 Å². The van der Waals surface area contributed by atoms with E-state index in [9.17, 15) is 13.2 Å². The summed E-state index contributed by atoms with van der Waals surface area (Å²) in [7, 11) is -3.94. The Morgan fingerprint density at radius 3 is 2.72 bits per heavy atom. The van der Waals surface area contributed by atoms with Crippen LogP contribution in [0.1, 0.15) is 39.8 Å². The molecule has 0 saturated carbocycles. The first-order valence-electron chi connectivity index (χ1n) is 8.96. The lowest BCUT2D eigenvalue weighted by molar-refractivity contribution is 0.0933. The number of rotatable bonds is 7. The molecule has 10 heteroatoms. The third kappa shape index (κ3) is 4.60. The number of fused-ring (bicyclic) bond motifs is 1.